The van der Waals surface area contributed by atoms with Crippen LogP contribution in [0.5, 0.6) is 0 Å². The van der Waals surface area contributed by atoms with E-state index in [0.29, 0.717) is 32.6 Å². The minimum absolute atomic E-state index is 0.0947. The van der Waals surface area contributed by atoms with Crippen LogP contribution in [0.15, 0.2) is 12.3 Å². The van der Waals surface area contributed by atoms with Gasteiger partial charge in [0.05, 0.1) is 22.4 Å². The van der Waals surface area contributed by atoms with Crippen molar-refractivity contribution >= 4 is 29.3 Å². The summed E-state index contributed by atoms with van der Waals surface area (Å²) in [6.07, 6.45) is -3.41. The van der Waals surface area contributed by atoms with Crippen molar-refractivity contribution < 1.29 is 27.9 Å². The standard InChI is InChI=1S/C15H15ClF3N3O3/c16-11-5-8(15(17,18)19)7-20-12(11)21-1-3-22(4-2-21)13(23)9-6-10(9)14(24)25/h5,7,9-10H,1-4,6H2,(H,24,25). The van der Waals surface area contributed by atoms with Gasteiger partial charge in [-0.15, -0.1) is 0 Å². The number of carboxylic acid groups (broad SMARTS) is 1. The maximum absolute atomic E-state index is 12.7. The van der Waals surface area contributed by atoms with Crippen molar-refractivity contribution in [3.05, 3.63) is 22.8 Å². The molecular formula is C15H15ClF3N3O3. The third-order valence-electron chi connectivity index (χ3n) is 4.46. The molecule has 1 N–H and O–H groups in total. The average Bonchev–Trinajstić information content (AvgIpc) is 3.34. The molecular weight excluding hydrogens is 363 g/mol. The van der Waals surface area contributed by atoms with Gasteiger partial charge in [0.15, 0.2) is 0 Å². The van der Waals surface area contributed by atoms with Crippen LogP contribution in [0.3, 0.4) is 0 Å². The van der Waals surface area contributed by atoms with Crippen molar-refractivity contribution in [1.82, 2.24) is 9.88 Å². The number of carbonyl (C=O) groups is 2. The summed E-state index contributed by atoms with van der Waals surface area (Å²) in [4.78, 5) is 30.2. The zero-order valence-corrected chi connectivity index (χ0v) is 13.7. The minimum atomic E-state index is -4.51. The number of hydrogen-bond acceptors (Lipinski definition) is 4. The molecule has 0 radical (unpaired) electrons. The summed E-state index contributed by atoms with van der Waals surface area (Å²) in [7, 11) is 0. The van der Waals surface area contributed by atoms with E-state index in [0.717, 1.165) is 12.3 Å². The molecule has 25 heavy (non-hydrogen) atoms. The number of rotatable bonds is 3. The smallest absolute Gasteiger partial charge is 0.417 e. The Hall–Kier alpha value is -2.03. The second kappa shape index (κ2) is 6.36. The molecule has 2 fully saturated rings. The van der Waals surface area contributed by atoms with Crippen LogP contribution >= 0.6 is 11.6 Å². The zero-order valence-electron chi connectivity index (χ0n) is 13.0. The quantitative estimate of drug-likeness (QED) is 0.873. The number of halogens is 4. The maximum atomic E-state index is 12.7. The van der Waals surface area contributed by atoms with E-state index in [1.54, 1.807) is 9.80 Å². The van der Waals surface area contributed by atoms with Gasteiger partial charge in [0.25, 0.3) is 0 Å². The van der Waals surface area contributed by atoms with Crippen molar-refractivity contribution in [3.8, 4) is 0 Å². The molecule has 0 bridgehead atoms. The minimum Gasteiger partial charge on any atom is -0.481 e. The maximum Gasteiger partial charge on any atom is 0.417 e. The summed E-state index contributed by atoms with van der Waals surface area (Å²) in [6.45, 7) is 1.43. The van der Waals surface area contributed by atoms with Crippen LogP contribution in [0, 0.1) is 11.8 Å². The number of alkyl halides is 3. The lowest BCUT2D eigenvalue weighted by Gasteiger charge is -2.36. The van der Waals surface area contributed by atoms with E-state index >= 15 is 0 Å². The number of carboxylic acids is 1. The van der Waals surface area contributed by atoms with E-state index in [2.05, 4.69) is 4.98 Å². The van der Waals surface area contributed by atoms with Crippen LogP contribution in [-0.4, -0.2) is 53.0 Å². The summed E-state index contributed by atoms with van der Waals surface area (Å²) < 4.78 is 38.0. The summed E-state index contributed by atoms with van der Waals surface area (Å²) in [6, 6.07) is 0.836. The first-order chi connectivity index (χ1) is 11.7. The summed E-state index contributed by atoms with van der Waals surface area (Å²) in [5.41, 5.74) is -0.913. The highest BCUT2D eigenvalue weighted by molar-refractivity contribution is 6.33. The second-order valence-corrected chi connectivity index (χ2v) is 6.53. The van der Waals surface area contributed by atoms with Crippen LogP contribution in [0.25, 0.3) is 0 Å². The number of piperazine rings is 1. The molecule has 136 valence electrons. The molecule has 6 nitrogen and oxygen atoms in total. The molecule has 0 spiro atoms. The lowest BCUT2D eigenvalue weighted by atomic mass is 10.2. The van der Waals surface area contributed by atoms with Gasteiger partial charge in [-0.25, -0.2) is 4.98 Å². The SMILES string of the molecule is O=C(O)C1CC1C(=O)N1CCN(c2ncc(C(F)(F)F)cc2Cl)CC1. The molecule has 10 heteroatoms. The number of carbonyl (C=O) groups excluding carboxylic acids is 1. The third kappa shape index (κ3) is 3.65. The summed E-state index contributed by atoms with van der Waals surface area (Å²) >= 11 is 5.93. The lowest BCUT2D eigenvalue weighted by molar-refractivity contribution is -0.142. The fraction of sp³-hybridized carbons (Fsp3) is 0.533. The van der Waals surface area contributed by atoms with Gasteiger partial charge in [-0.05, 0) is 12.5 Å². The van der Waals surface area contributed by atoms with Crippen LogP contribution in [0.4, 0.5) is 19.0 Å². The average molecular weight is 378 g/mol. The molecule has 1 saturated carbocycles. The number of anilines is 1. The molecule has 1 saturated heterocycles. The molecule has 2 unspecified atom stereocenters. The van der Waals surface area contributed by atoms with E-state index in [9.17, 15) is 22.8 Å². The van der Waals surface area contributed by atoms with Crippen molar-refractivity contribution in [1.29, 1.82) is 0 Å². The van der Waals surface area contributed by atoms with Crippen molar-refractivity contribution in [2.75, 3.05) is 31.1 Å². The molecule has 3 rings (SSSR count). The lowest BCUT2D eigenvalue weighted by Crippen LogP contribution is -2.49. The van der Waals surface area contributed by atoms with Gasteiger partial charge in [-0.1, -0.05) is 11.6 Å². The topological polar surface area (TPSA) is 73.7 Å². The summed E-state index contributed by atoms with van der Waals surface area (Å²) in [5, 5.41) is 8.80. The van der Waals surface area contributed by atoms with Crippen molar-refractivity contribution in [2.24, 2.45) is 11.8 Å². The van der Waals surface area contributed by atoms with Crippen LogP contribution < -0.4 is 4.90 Å². The van der Waals surface area contributed by atoms with E-state index in [1.807, 2.05) is 0 Å². The number of amides is 1. The van der Waals surface area contributed by atoms with Gasteiger partial charge < -0.3 is 14.9 Å². The van der Waals surface area contributed by atoms with E-state index < -0.39 is 29.5 Å². The van der Waals surface area contributed by atoms with Gasteiger partial charge in [-0.3, -0.25) is 9.59 Å². The van der Waals surface area contributed by atoms with E-state index in [1.165, 1.54) is 0 Å². The molecule has 2 atom stereocenters. The Labute approximate surface area is 146 Å². The highest BCUT2D eigenvalue weighted by atomic mass is 35.5. The highest BCUT2D eigenvalue weighted by Gasteiger charge is 2.50. The fourth-order valence-corrected chi connectivity index (χ4v) is 3.22. The molecule has 1 aromatic rings. The molecule has 1 aliphatic heterocycles. The van der Waals surface area contributed by atoms with E-state index in [4.69, 9.17) is 16.7 Å². The molecule has 1 aliphatic carbocycles. The Morgan fingerprint density at radius 1 is 1.20 bits per heavy atom. The summed E-state index contributed by atoms with van der Waals surface area (Å²) in [5.74, 6) is -1.96. The van der Waals surface area contributed by atoms with Crippen molar-refractivity contribution in [2.45, 2.75) is 12.6 Å². The van der Waals surface area contributed by atoms with Crippen LogP contribution in [0.1, 0.15) is 12.0 Å². The number of aromatic nitrogens is 1. The molecule has 1 aromatic heterocycles. The number of hydrogen-bond donors (Lipinski definition) is 1. The number of aliphatic carboxylic acids is 1. The fourth-order valence-electron chi connectivity index (χ4n) is 2.93. The first kappa shape index (κ1) is 17.8. The molecule has 1 amide bonds. The van der Waals surface area contributed by atoms with Gasteiger partial charge in [0, 0.05) is 32.4 Å². The van der Waals surface area contributed by atoms with Gasteiger partial charge in [0.2, 0.25) is 5.91 Å². The van der Waals surface area contributed by atoms with Crippen LogP contribution in [0.2, 0.25) is 5.02 Å². The van der Waals surface area contributed by atoms with Crippen LogP contribution in [-0.2, 0) is 15.8 Å². The predicted molar refractivity (Wildman–Crippen MR) is 82.3 cm³/mol. The Kier molecular flexibility index (Phi) is 4.52. The molecule has 0 aromatic carbocycles. The van der Waals surface area contributed by atoms with Crippen molar-refractivity contribution in [3.63, 3.8) is 0 Å². The Bertz CT molecular complexity index is 705. The Balaban J connectivity index is 1.61. The first-order valence-corrected chi connectivity index (χ1v) is 8.05. The number of nitrogens with zero attached hydrogens (tertiary/aromatic N) is 3. The molecule has 2 aliphatic rings. The van der Waals surface area contributed by atoms with Gasteiger partial charge in [0.1, 0.15) is 5.82 Å². The first-order valence-electron chi connectivity index (χ1n) is 7.67. The Morgan fingerprint density at radius 2 is 1.84 bits per heavy atom. The normalized spacial score (nSPS) is 23.5. The zero-order chi connectivity index (χ0) is 18.4. The molecule has 2 heterocycles. The Morgan fingerprint density at radius 3 is 2.32 bits per heavy atom. The largest absolute Gasteiger partial charge is 0.481 e. The number of pyridine rings is 1. The highest BCUT2D eigenvalue weighted by Crippen LogP contribution is 2.40. The monoisotopic (exact) mass is 377 g/mol. The third-order valence-corrected chi connectivity index (χ3v) is 4.74. The second-order valence-electron chi connectivity index (χ2n) is 6.13. The predicted octanol–water partition coefficient (Wildman–Crippen LogP) is 2.12. The van der Waals surface area contributed by atoms with Gasteiger partial charge in [-0.2, -0.15) is 13.2 Å². The van der Waals surface area contributed by atoms with Gasteiger partial charge >= 0.3 is 12.1 Å². The van der Waals surface area contributed by atoms with E-state index in [-0.39, 0.29) is 16.7 Å².